The molecule has 0 bridgehead atoms. The van der Waals surface area contributed by atoms with E-state index >= 15 is 4.39 Å². The molecule has 4 atom stereocenters. The minimum atomic E-state index is -4.79. The van der Waals surface area contributed by atoms with Crippen LogP contribution in [0.3, 0.4) is 0 Å². The van der Waals surface area contributed by atoms with Crippen molar-refractivity contribution in [1.82, 2.24) is 15.5 Å². The summed E-state index contributed by atoms with van der Waals surface area (Å²) in [6, 6.07) is 5.98. The number of carbonyl (C=O) groups is 3. The molecule has 0 saturated carbocycles. The van der Waals surface area contributed by atoms with Crippen LogP contribution in [-0.4, -0.2) is 74.6 Å². The molecule has 3 N–H and O–H groups in total. The molecule has 222 valence electrons. The van der Waals surface area contributed by atoms with Gasteiger partial charge in [-0.05, 0) is 50.7 Å². The molecule has 2 aromatic rings. The Morgan fingerprint density at radius 3 is 2.29 bits per heavy atom. The monoisotopic (exact) mass is 581 g/mol. The molecular formula is C28H32F5N5O3. The number of carbonyl (C=O) groups excluding carboxylic acids is 3. The van der Waals surface area contributed by atoms with Crippen molar-refractivity contribution in [2.75, 3.05) is 43.9 Å². The molecule has 0 radical (unpaired) electrons. The van der Waals surface area contributed by atoms with E-state index < -0.39 is 60.3 Å². The fourth-order valence-corrected chi connectivity index (χ4v) is 5.37. The van der Waals surface area contributed by atoms with Crippen molar-refractivity contribution < 1.29 is 36.3 Å². The predicted octanol–water partition coefficient (Wildman–Crippen LogP) is 3.77. The Morgan fingerprint density at radius 1 is 1.02 bits per heavy atom. The van der Waals surface area contributed by atoms with E-state index in [1.165, 1.54) is 25.2 Å². The molecule has 2 aliphatic rings. The maximum absolute atomic E-state index is 15.7. The zero-order valence-corrected chi connectivity index (χ0v) is 23.0. The highest BCUT2D eigenvalue weighted by Crippen LogP contribution is 2.40. The van der Waals surface area contributed by atoms with Gasteiger partial charge < -0.3 is 20.9 Å². The van der Waals surface area contributed by atoms with E-state index in [1.54, 1.807) is 0 Å². The maximum Gasteiger partial charge on any atom is 0.393 e. The number of halogens is 5. The number of hydrogen-bond acceptors (Lipinski definition) is 5. The number of amides is 3. The van der Waals surface area contributed by atoms with Gasteiger partial charge in [-0.25, -0.2) is 8.78 Å². The molecule has 2 saturated heterocycles. The fraction of sp³-hybridized carbons (Fsp3) is 0.464. The second kappa shape index (κ2) is 11.6. The van der Waals surface area contributed by atoms with Crippen molar-refractivity contribution in [3.8, 4) is 11.1 Å². The summed E-state index contributed by atoms with van der Waals surface area (Å²) < 4.78 is 71.3. The van der Waals surface area contributed by atoms with Crippen LogP contribution in [0, 0.1) is 23.5 Å². The number of piperidine rings is 1. The van der Waals surface area contributed by atoms with Crippen molar-refractivity contribution in [3.05, 3.63) is 47.5 Å². The van der Waals surface area contributed by atoms with Crippen LogP contribution in [0.4, 0.5) is 33.3 Å². The van der Waals surface area contributed by atoms with Gasteiger partial charge in [0, 0.05) is 50.7 Å². The molecule has 2 aromatic carbocycles. The zero-order chi connectivity index (χ0) is 30.2. The van der Waals surface area contributed by atoms with Gasteiger partial charge in [-0.1, -0.05) is 6.07 Å². The van der Waals surface area contributed by atoms with Crippen molar-refractivity contribution in [2.24, 2.45) is 11.8 Å². The highest BCUT2D eigenvalue weighted by atomic mass is 19.4. The number of likely N-dealkylation sites (N-methyl/N-ethyl adjacent to an activating group) is 1. The van der Waals surface area contributed by atoms with Gasteiger partial charge in [-0.3, -0.25) is 19.3 Å². The standard InChI is InChI=1S/C28H32F5N5O3/c1-14-12-38(13-15(2)37(14)4)24-10-22(30)17(16-5-6-21(29)18(7-16)26(40)34-3)8-23(24)36-27(41)19-11-35-25(39)9-20(19)28(31,32)33/h5-8,10,14-15,19-20H,9,11-13H2,1-4H3,(H,34,40)(H,35,39)(H,36,41)/t14-,15+,19?,20?. The van der Waals surface area contributed by atoms with E-state index in [0.717, 1.165) is 12.1 Å². The minimum absolute atomic E-state index is 0.0421. The van der Waals surface area contributed by atoms with E-state index in [9.17, 15) is 31.9 Å². The van der Waals surface area contributed by atoms with Crippen LogP contribution in [0.25, 0.3) is 11.1 Å². The maximum atomic E-state index is 15.7. The highest BCUT2D eigenvalue weighted by Gasteiger charge is 2.50. The van der Waals surface area contributed by atoms with Crippen LogP contribution in [0.1, 0.15) is 30.6 Å². The van der Waals surface area contributed by atoms with E-state index in [2.05, 4.69) is 20.9 Å². The summed E-state index contributed by atoms with van der Waals surface area (Å²) in [4.78, 5) is 41.2. The number of anilines is 2. The number of nitrogens with zero attached hydrogens (tertiary/aromatic N) is 2. The molecule has 8 nitrogen and oxygen atoms in total. The van der Waals surface area contributed by atoms with E-state index in [0.29, 0.717) is 13.1 Å². The summed E-state index contributed by atoms with van der Waals surface area (Å²) in [6.07, 6.45) is -5.67. The zero-order valence-electron chi connectivity index (χ0n) is 23.0. The lowest BCUT2D eigenvalue weighted by Crippen LogP contribution is -2.55. The molecule has 4 rings (SSSR count). The molecule has 3 amide bonds. The average molecular weight is 582 g/mol. The molecule has 2 unspecified atom stereocenters. The summed E-state index contributed by atoms with van der Waals surface area (Å²) in [5.74, 6) is -7.86. The van der Waals surface area contributed by atoms with Gasteiger partial charge in [0.1, 0.15) is 11.6 Å². The summed E-state index contributed by atoms with van der Waals surface area (Å²) >= 11 is 0. The first-order chi connectivity index (χ1) is 19.2. The highest BCUT2D eigenvalue weighted by molar-refractivity contribution is 5.99. The molecule has 2 heterocycles. The summed E-state index contributed by atoms with van der Waals surface area (Å²) in [5.41, 5.74) is 0.0330. The lowest BCUT2D eigenvalue weighted by molar-refractivity contribution is -0.197. The molecule has 2 aliphatic heterocycles. The van der Waals surface area contributed by atoms with E-state index in [-0.39, 0.29) is 40.1 Å². The number of benzene rings is 2. The number of rotatable bonds is 5. The van der Waals surface area contributed by atoms with Crippen molar-refractivity contribution >= 4 is 29.1 Å². The number of piperazine rings is 1. The summed E-state index contributed by atoms with van der Waals surface area (Å²) in [6.45, 7) is 4.34. The van der Waals surface area contributed by atoms with Gasteiger partial charge in [-0.2, -0.15) is 13.2 Å². The quantitative estimate of drug-likeness (QED) is 0.468. The fourth-order valence-electron chi connectivity index (χ4n) is 5.37. The van der Waals surface area contributed by atoms with Gasteiger partial charge >= 0.3 is 6.18 Å². The van der Waals surface area contributed by atoms with Crippen LogP contribution in [-0.2, 0) is 9.59 Å². The molecule has 0 aromatic heterocycles. The Labute approximate surface area is 234 Å². The molecule has 41 heavy (non-hydrogen) atoms. The number of hydrogen-bond donors (Lipinski definition) is 3. The molecule has 13 heteroatoms. The largest absolute Gasteiger partial charge is 0.393 e. The number of nitrogens with one attached hydrogen (secondary N) is 3. The van der Waals surface area contributed by atoms with E-state index in [1.807, 2.05) is 25.8 Å². The van der Waals surface area contributed by atoms with Crippen molar-refractivity contribution in [2.45, 2.75) is 38.5 Å². The van der Waals surface area contributed by atoms with Gasteiger partial charge in [-0.15, -0.1) is 0 Å². The van der Waals surface area contributed by atoms with Crippen LogP contribution in [0.2, 0.25) is 0 Å². The van der Waals surface area contributed by atoms with Crippen molar-refractivity contribution in [1.29, 1.82) is 0 Å². The first-order valence-electron chi connectivity index (χ1n) is 13.2. The summed E-state index contributed by atoms with van der Waals surface area (Å²) in [7, 11) is 3.27. The number of alkyl halides is 3. The third-order valence-corrected chi connectivity index (χ3v) is 7.96. The average Bonchev–Trinajstić information content (AvgIpc) is 2.91. The third kappa shape index (κ3) is 6.29. The third-order valence-electron chi connectivity index (χ3n) is 7.96. The lowest BCUT2D eigenvalue weighted by Gasteiger charge is -2.44. The lowest BCUT2D eigenvalue weighted by atomic mass is 9.84. The Kier molecular flexibility index (Phi) is 8.57. The predicted molar refractivity (Wildman–Crippen MR) is 143 cm³/mol. The van der Waals surface area contributed by atoms with Gasteiger partial charge in [0.2, 0.25) is 11.8 Å². The van der Waals surface area contributed by atoms with Crippen molar-refractivity contribution in [3.63, 3.8) is 0 Å². The Bertz CT molecular complexity index is 1340. The van der Waals surface area contributed by atoms with Crippen LogP contribution < -0.4 is 20.9 Å². The molecule has 2 fully saturated rings. The normalized spacial score (nSPS) is 23.6. The first-order valence-corrected chi connectivity index (χ1v) is 13.2. The second-order valence-electron chi connectivity index (χ2n) is 10.6. The summed E-state index contributed by atoms with van der Waals surface area (Å²) in [5, 5.41) is 7.20. The van der Waals surface area contributed by atoms with Gasteiger partial charge in [0.25, 0.3) is 5.91 Å². The van der Waals surface area contributed by atoms with Crippen LogP contribution in [0.5, 0.6) is 0 Å². The Hall–Kier alpha value is -3.74. The van der Waals surface area contributed by atoms with Gasteiger partial charge in [0.05, 0.1) is 28.8 Å². The van der Waals surface area contributed by atoms with E-state index in [4.69, 9.17) is 0 Å². The van der Waals surface area contributed by atoms with Crippen LogP contribution in [0.15, 0.2) is 30.3 Å². The second-order valence-corrected chi connectivity index (χ2v) is 10.6. The van der Waals surface area contributed by atoms with Crippen LogP contribution >= 0.6 is 0 Å². The topological polar surface area (TPSA) is 93.8 Å². The molecular weight excluding hydrogens is 549 g/mol. The molecule has 0 aliphatic carbocycles. The SMILES string of the molecule is CNC(=O)c1cc(-c2cc(NC(=O)C3CNC(=O)CC3C(F)(F)F)c(N3C[C@@H](C)N(C)[C@@H](C)C3)cc2F)ccc1F. The molecule has 0 spiro atoms. The smallest absolute Gasteiger partial charge is 0.367 e. The Morgan fingerprint density at radius 2 is 1.68 bits per heavy atom. The minimum Gasteiger partial charge on any atom is -0.367 e. The first kappa shape index (κ1) is 30.2. The van der Waals surface area contributed by atoms with Gasteiger partial charge in [0.15, 0.2) is 0 Å². The Balaban J connectivity index is 1.79.